The maximum absolute atomic E-state index is 13.4. The molecule has 0 spiro atoms. The Morgan fingerprint density at radius 2 is 1.78 bits per heavy atom. The second-order valence-electron chi connectivity index (χ2n) is 10.8. The van der Waals surface area contributed by atoms with Gasteiger partial charge in [0.05, 0.1) is 5.39 Å². The number of ether oxygens (including phenoxy) is 2. The van der Waals surface area contributed by atoms with Gasteiger partial charge in [0.2, 0.25) is 0 Å². The zero-order valence-electron chi connectivity index (χ0n) is 24.5. The molecule has 0 amide bonds. The number of fused-ring (bicyclic) bond motifs is 5. The number of nitrogens with one attached hydrogen (secondary N) is 1. The van der Waals surface area contributed by atoms with Crippen LogP contribution in [0.25, 0.3) is 22.2 Å². The van der Waals surface area contributed by atoms with Gasteiger partial charge < -0.3 is 5.73 Å². The Morgan fingerprint density at radius 1 is 1.04 bits per heavy atom. The van der Waals surface area contributed by atoms with Gasteiger partial charge in [-0.15, -0.1) is 0 Å². The van der Waals surface area contributed by atoms with Gasteiger partial charge in [0.1, 0.15) is 12.1 Å². The van der Waals surface area contributed by atoms with Crippen molar-refractivity contribution in [1.29, 1.82) is 0 Å². The summed E-state index contributed by atoms with van der Waals surface area (Å²) in [4.78, 5) is 52.7. The summed E-state index contributed by atoms with van der Waals surface area (Å²) in [7, 11) is -5.21. The monoisotopic (exact) mass is 884 g/mol. The molecule has 3 aliphatic rings. The summed E-state index contributed by atoms with van der Waals surface area (Å²) in [6, 6.07) is 1.54. The van der Waals surface area contributed by atoms with E-state index in [1.807, 2.05) is 0 Å². The normalized spacial score (nSPS) is 35.6. The van der Waals surface area contributed by atoms with Gasteiger partial charge in [-0.25, -0.2) is 9.97 Å². The molecule has 3 saturated heterocycles. The molecule has 8 N–H and O–H groups in total. The quantitative estimate of drug-likeness (QED) is 0.0674. The first kappa shape index (κ1) is 36.0. The third-order valence-corrected chi connectivity index (χ3v) is 11.6. The number of aromatic nitrogens is 7. The van der Waals surface area contributed by atoms with Gasteiger partial charge in [-0.1, -0.05) is 0 Å². The van der Waals surface area contributed by atoms with E-state index in [0.717, 1.165) is 10.9 Å². The van der Waals surface area contributed by atoms with E-state index in [0.29, 0.717) is 5.39 Å². The van der Waals surface area contributed by atoms with Gasteiger partial charge >= 0.3 is 253 Å². The molecule has 0 aromatic carbocycles. The SMILES string of the molecule is Nc1nc2c(ncn2[C@@H]2O[C@@H]3COP(=O)(O)OC4C(O)[C@H](n5ccc6c(N)ncnc65)O[C@@H]4COP(O)(=S)OC2C3O[I-]C(F)(F)F)c(=O)[nH]1. The summed E-state index contributed by atoms with van der Waals surface area (Å²) in [5.41, 5.74) is 10.6. The number of halogens is 4. The van der Waals surface area contributed by atoms with Gasteiger partial charge in [-0.2, -0.15) is 0 Å². The molecular formula is C22H24F3IN9O12P2S-. The van der Waals surface area contributed by atoms with Crippen LogP contribution in [0.3, 0.4) is 0 Å². The predicted octanol–water partition coefficient (Wildman–Crippen LogP) is -3.07. The van der Waals surface area contributed by atoms with Crippen LogP contribution in [-0.2, 0) is 47.0 Å². The van der Waals surface area contributed by atoms with Crippen LogP contribution in [0.4, 0.5) is 24.9 Å². The zero-order chi connectivity index (χ0) is 35.7. The predicted molar refractivity (Wildman–Crippen MR) is 157 cm³/mol. The van der Waals surface area contributed by atoms with Crippen LogP contribution in [0.15, 0.2) is 29.7 Å². The number of phosphoric acid groups is 1. The van der Waals surface area contributed by atoms with Crippen LogP contribution in [0.1, 0.15) is 12.5 Å². The van der Waals surface area contributed by atoms with Crippen LogP contribution < -0.4 is 38.6 Å². The molecule has 7 heterocycles. The van der Waals surface area contributed by atoms with Gasteiger partial charge in [-0.3, -0.25) is 0 Å². The molecule has 0 radical (unpaired) electrons. The molecule has 4 aromatic rings. The van der Waals surface area contributed by atoms with E-state index in [4.69, 9.17) is 53.9 Å². The number of aliphatic hydroxyl groups is 1. The molecule has 28 heteroatoms. The number of rotatable bonds is 4. The summed E-state index contributed by atoms with van der Waals surface area (Å²) in [5.74, 6) is -0.221. The molecule has 21 nitrogen and oxygen atoms in total. The molecule has 3 fully saturated rings. The van der Waals surface area contributed by atoms with Gasteiger partial charge in [0.15, 0.2) is 0 Å². The van der Waals surface area contributed by atoms with Crippen molar-refractivity contribution in [3.8, 4) is 0 Å². The first-order valence-corrected chi connectivity index (χ1v) is 20.0. The van der Waals surface area contributed by atoms with Crippen LogP contribution >= 0.6 is 14.5 Å². The number of aliphatic hydroxyl groups excluding tert-OH is 1. The van der Waals surface area contributed by atoms with E-state index < -0.39 is 108 Å². The first-order chi connectivity index (χ1) is 23.5. The second kappa shape index (κ2) is 13.2. The molecule has 10 atom stereocenters. The number of nitrogens with zero attached hydrogens (tertiary/aromatic N) is 6. The minimum atomic E-state index is -5.21. The van der Waals surface area contributed by atoms with Crippen LogP contribution in [0, 0.1) is 0 Å². The van der Waals surface area contributed by atoms with Crippen LogP contribution in [-0.4, -0.2) is 103 Å². The fourth-order valence-corrected chi connectivity index (χ4v) is 9.20. The van der Waals surface area contributed by atoms with Crippen molar-refractivity contribution in [3.63, 3.8) is 0 Å². The van der Waals surface area contributed by atoms with Gasteiger partial charge in [-0.05, 0) is 6.07 Å². The van der Waals surface area contributed by atoms with E-state index in [9.17, 15) is 37.4 Å². The second-order valence-corrected chi connectivity index (χ2v) is 17.2. The Hall–Kier alpha value is -2.43. The molecule has 50 heavy (non-hydrogen) atoms. The van der Waals surface area contributed by atoms with Crippen molar-refractivity contribution in [2.75, 3.05) is 24.7 Å². The molecule has 3 aliphatic heterocycles. The van der Waals surface area contributed by atoms with Crippen molar-refractivity contribution in [2.24, 2.45) is 0 Å². The maximum atomic E-state index is 13.4. The standard InChI is InChI=1S/C22H24F3IN9O12P2S/c23-22(24,25)26-45-13-9-3-41-48(38,39)46-12-8(43-19(11(12)36)34-2-1-7-15(27)29-5-30-16(7)34)4-42-49(40,50)47-14(13)20(44-9)35-6-31-10-17(35)32-21(28)33-18(10)37/h1-2,5-6,8-9,11-14,19-20,36H,3-4H2,(H,38,39)(H,40,50)(H2,27,29,30)(H3,28,32,33,37)/q-1/t8-,9-,11?,12?,13?,14?,19-,20-,49?/m1/s1. The van der Waals surface area contributed by atoms with Gasteiger partial charge in [0.25, 0.3) is 0 Å². The number of nitrogen functional groups attached to an aromatic ring is 2. The number of hydrogen-bond acceptors (Lipinski definition) is 17. The third-order valence-electron chi connectivity index (χ3n) is 7.68. The van der Waals surface area contributed by atoms with Gasteiger partial charge in [0, 0.05) is 0 Å². The molecule has 4 aromatic heterocycles. The number of H-pyrrole nitrogens is 1. The summed E-state index contributed by atoms with van der Waals surface area (Å²) >= 11 is 2.17. The Kier molecular flexibility index (Phi) is 9.50. The Morgan fingerprint density at radius 3 is 2.54 bits per heavy atom. The van der Waals surface area contributed by atoms with E-state index in [1.165, 1.54) is 17.1 Å². The topological polar surface area (TPSA) is 289 Å². The van der Waals surface area contributed by atoms with E-state index in [2.05, 4.69) is 24.9 Å². The van der Waals surface area contributed by atoms with Crippen molar-refractivity contribution >= 4 is 60.3 Å². The molecule has 2 bridgehead atoms. The van der Waals surface area contributed by atoms with Crippen molar-refractivity contribution in [3.05, 3.63) is 35.3 Å². The van der Waals surface area contributed by atoms with Crippen molar-refractivity contribution < 1.29 is 84.9 Å². The Balaban J connectivity index is 1.24. The number of aromatic amines is 1. The average molecular weight is 884 g/mol. The van der Waals surface area contributed by atoms with E-state index >= 15 is 0 Å². The number of phosphoric ester groups is 1. The summed E-state index contributed by atoms with van der Waals surface area (Å²) in [5, 5.41) is 11.7. The Bertz CT molecular complexity index is 2090. The molecule has 6 unspecified atom stereocenters. The van der Waals surface area contributed by atoms with Crippen molar-refractivity contribution in [1.82, 2.24) is 34.1 Å². The summed E-state index contributed by atoms with van der Waals surface area (Å²) < 4.78 is 90.1. The molecular weight excluding hydrogens is 860 g/mol. The molecule has 0 saturated carbocycles. The van der Waals surface area contributed by atoms with E-state index in [1.54, 1.807) is 6.07 Å². The average Bonchev–Trinajstić information content (AvgIpc) is 3.78. The van der Waals surface area contributed by atoms with Crippen molar-refractivity contribution in [2.45, 2.75) is 53.3 Å². The Labute approximate surface area is 291 Å². The van der Waals surface area contributed by atoms with Crippen LogP contribution in [0.5, 0.6) is 0 Å². The molecule has 7 rings (SSSR count). The summed E-state index contributed by atoms with van der Waals surface area (Å²) in [6.07, 6.45) is -9.21. The molecule has 274 valence electrons. The minimum absolute atomic E-state index is 0.124. The van der Waals surface area contributed by atoms with E-state index in [-0.39, 0.29) is 28.6 Å². The number of anilines is 2. The molecule has 0 aliphatic carbocycles. The van der Waals surface area contributed by atoms with Crippen LogP contribution in [0.2, 0.25) is 0 Å². The fourth-order valence-electron chi connectivity index (χ4n) is 5.63. The number of nitrogens with two attached hydrogens (primary N) is 2. The third kappa shape index (κ3) is 7.02. The number of hydrogen-bond donors (Lipinski definition) is 6. The first-order valence-electron chi connectivity index (χ1n) is 14.0. The summed E-state index contributed by atoms with van der Waals surface area (Å²) in [6.45, 7) is -6.22. The fraction of sp³-hybridized carbons (Fsp3) is 0.500. The zero-order valence-corrected chi connectivity index (χ0v) is 29.3. The number of imidazole rings is 1. The number of alkyl halides is 4.